The topological polar surface area (TPSA) is 28.2 Å². The summed E-state index contributed by atoms with van der Waals surface area (Å²) in [7, 11) is 0. The van der Waals surface area contributed by atoms with Crippen LogP contribution in [0.1, 0.15) is 45.7 Å². The Morgan fingerprint density at radius 1 is 1.35 bits per heavy atom. The summed E-state index contributed by atoms with van der Waals surface area (Å²) in [5, 5.41) is 3.43. The molecule has 1 aromatic rings. The van der Waals surface area contributed by atoms with Crippen LogP contribution in [0.4, 0.5) is 11.5 Å². The van der Waals surface area contributed by atoms with Gasteiger partial charge in [-0.15, -0.1) is 0 Å². The molecule has 1 aliphatic rings. The standard InChI is InChI=1S/C14H23N3/c1-5-11(4)12-6-7-13-14(16-12)17(10(2)3)9-8-15-13/h6-7,10-11,15H,5,8-9H2,1-4H3. The van der Waals surface area contributed by atoms with Gasteiger partial charge in [0, 0.05) is 24.8 Å². The van der Waals surface area contributed by atoms with Crippen LogP contribution in [0.3, 0.4) is 0 Å². The van der Waals surface area contributed by atoms with Crippen molar-refractivity contribution in [2.75, 3.05) is 23.3 Å². The minimum atomic E-state index is 0.510. The van der Waals surface area contributed by atoms with Crippen LogP contribution in [-0.4, -0.2) is 24.1 Å². The third-order valence-corrected chi connectivity index (χ3v) is 3.58. The largest absolute Gasteiger partial charge is 0.380 e. The molecule has 0 fully saturated rings. The molecule has 1 aromatic heterocycles. The average Bonchev–Trinajstić information content (AvgIpc) is 2.36. The van der Waals surface area contributed by atoms with Gasteiger partial charge in [-0.05, 0) is 38.3 Å². The fourth-order valence-electron chi connectivity index (χ4n) is 2.22. The molecule has 0 amide bonds. The molecule has 1 unspecified atom stereocenters. The molecule has 0 radical (unpaired) electrons. The molecular weight excluding hydrogens is 210 g/mol. The lowest BCUT2D eigenvalue weighted by Crippen LogP contribution is -2.39. The van der Waals surface area contributed by atoms with Gasteiger partial charge in [0.15, 0.2) is 5.82 Å². The van der Waals surface area contributed by atoms with Gasteiger partial charge in [0.05, 0.1) is 5.69 Å². The number of nitrogens with one attached hydrogen (secondary N) is 1. The Morgan fingerprint density at radius 2 is 2.12 bits per heavy atom. The lowest BCUT2D eigenvalue weighted by Gasteiger charge is -2.34. The summed E-state index contributed by atoms with van der Waals surface area (Å²) >= 11 is 0. The van der Waals surface area contributed by atoms with E-state index in [0.29, 0.717) is 12.0 Å². The number of rotatable bonds is 3. The molecule has 0 aliphatic carbocycles. The zero-order valence-corrected chi connectivity index (χ0v) is 11.3. The SMILES string of the molecule is CCC(C)c1ccc2c(n1)N(C(C)C)CCN2. The molecule has 94 valence electrons. The van der Waals surface area contributed by atoms with Gasteiger partial charge < -0.3 is 10.2 Å². The van der Waals surface area contributed by atoms with E-state index in [1.54, 1.807) is 0 Å². The van der Waals surface area contributed by atoms with E-state index in [1.807, 2.05) is 0 Å². The fraction of sp³-hybridized carbons (Fsp3) is 0.643. The van der Waals surface area contributed by atoms with Crippen molar-refractivity contribution in [3.63, 3.8) is 0 Å². The predicted molar refractivity (Wildman–Crippen MR) is 73.9 cm³/mol. The van der Waals surface area contributed by atoms with Crippen LogP contribution in [0, 0.1) is 0 Å². The van der Waals surface area contributed by atoms with E-state index in [2.05, 4.69) is 50.0 Å². The first kappa shape index (κ1) is 12.2. The third kappa shape index (κ3) is 2.38. The van der Waals surface area contributed by atoms with Gasteiger partial charge in [-0.1, -0.05) is 13.8 Å². The highest BCUT2D eigenvalue weighted by Crippen LogP contribution is 2.30. The molecule has 2 heterocycles. The molecule has 1 atom stereocenters. The van der Waals surface area contributed by atoms with Crippen molar-refractivity contribution < 1.29 is 0 Å². The highest BCUT2D eigenvalue weighted by molar-refractivity contribution is 5.68. The second kappa shape index (κ2) is 4.94. The van der Waals surface area contributed by atoms with E-state index in [9.17, 15) is 0 Å². The number of anilines is 2. The predicted octanol–water partition coefficient (Wildman–Crippen LogP) is 3.24. The van der Waals surface area contributed by atoms with Gasteiger partial charge >= 0.3 is 0 Å². The van der Waals surface area contributed by atoms with Gasteiger partial charge in [-0.25, -0.2) is 4.98 Å². The Morgan fingerprint density at radius 3 is 2.76 bits per heavy atom. The average molecular weight is 233 g/mol. The van der Waals surface area contributed by atoms with E-state index in [1.165, 1.54) is 11.4 Å². The van der Waals surface area contributed by atoms with Crippen LogP contribution < -0.4 is 10.2 Å². The van der Waals surface area contributed by atoms with Crippen molar-refractivity contribution in [1.82, 2.24) is 4.98 Å². The quantitative estimate of drug-likeness (QED) is 0.868. The van der Waals surface area contributed by atoms with Crippen LogP contribution in [-0.2, 0) is 0 Å². The second-order valence-corrected chi connectivity index (χ2v) is 5.13. The fourth-order valence-corrected chi connectivity index (χ4v) is 2.22. The molecule has 17 heavy (non-hydrogen) atoms. The lowest BCUT2D eigenvalue weighted by molar-refractivity contribution is 0.656. The summed E-state index contributed by atoms with van der Waals surface area (Å²) in [6.45, 7) is 11.0. The lowest BCUT2D eigenvalue weighted by atomic mass is 10.0. The Hall–Kier alpha value is -1.25. The van der Waals surface area contributed by atoms with Crippen molar-refractivity contribution in [3.8, 4) is 0 Å². The van der Waals surface area contributed by atoms with Crippen molar-refractivity contribution in [3.05, 3.63) is 17.8 Å². The van der Waals surface area contributed by atoms with Gasteiger partial charge in [0.1, 0.15) is 0 Å². The van der Waals surface area contributed by atoms with Crippen molar-refractivity contribution in [2.24, 2.45) is 0 Å². The summed E-state index contributed by atoms with van der Waals surface area (Å²) in [6.07, 6.45) is 1.14. The van der Waals surface area contributed by atoms with Crippen LogP contribution in [0.25, 0.3) is 0 Å². The Kier molecular flexibility index (Phi) is 3.55. The van der Waals surface area contributed by atoms with Crippen molar-refractivity contribution in [2.45, 2.75) is 46.1 Å². The molecule has 2 rings (SSSR count). The van der Waals surface area contributed by atoms with Gasteiger partial charge in [-0.2, -0.15) is 0 Å². The molecule has 3 heteroatoms. The van der Waals surface area contributed by atoms with Crippen LogP contribution in [0.2, 0.25) is 0 Å². The molecular formula is C14H23N3. The smallest absolute Gasteiger partial charge is 0.152 e. The maximum Gasteiger partial charge on any atom is 0.152 e. The summed E-state index contributed by atoms with van der Waals surface area (Å²) in [6, 6.07) is 4.85. The normalized spacial score (nSPS) is 16.6. The van der Waals surface area contributed by atoms with Crippen LogP contribution in [0.15, 0.2) is 12.1 Å². The number of pyridine rings is 1. The number of aromatic nitrogens is 1. The van der Waals surface area contributed by atoms with E-state index in [4.69, 9.17) is 4.98 Å². The highest BCUT2D eigenvalue weighted by atomic mass is 15.3. The van der Waals surface area contributed by atoms with Crippen molar-refractivity contribution in [1.29, 1.82) is 0 Å². The molecule has 0 saturated heterocycles. The molecule has 0 aromatic carbocycles. The van der Waals surface area contributed by atoms with Crippen LogP contribution in [0.5, 0.6) is 0 Å². The Balaban J connectivity index is 2.37. The number of nitrogens with zero attached hydrogens (tertiary/aromatic N) is 2. The zero-order chi connectivity index (χ0) is 12.4. The highest BCUT2D eigenvalue weighted by Gasteiger charge is 2.21. The minimum absolute atomic E-state index is 0.510. The van der Waals surface area contributed by atoms with Gasteiger partial charge in [-0.3, -0.25) is 0 Å². The molecule has 1 N–H and O–H groups in total. The first-order valence-corrected chi connectivity index (χ1v) is 6.65. The first-order chi connectivity index (χ1) is 8.13. The second-order valence-electron chi connectivity index (χ2n) is 5.13. The Bertz CT molecular complexity index is 387. The number of hydrogen-bond donors (Lipinski definition) is 1. The monoisotopic (exact) mass is 233 g/mol. The van der Waals surface area contributed by atoms with E-state index in [-0.39, 0.29) is 0 Å². The van der Waals surface area contributed by atoms with Gasteiger partial charge in [0.25, 0.3) is 0 Å². The van der Waals surface area contributed by atoms with E-state index < -0.39 is 0 Å². The zero-order valence-electron chi connectivity index (χ0n) is 11.3. The molecule has 0 saturated carbocycles. The van der Waals surface area contributed by atoms with Crippen molar-refractivity contribution >= 4 is 11.5 Å². The van der Waals surface area contributed by atoms with E-state index >= 15 is 0 Å². The molecule has 1 aliphatic heterocycles. The maximum atomic E-state index is 4.85. The molecule has 3 nitrogen and oxygen atoms in total. The number of hydrogen-bond acceptors (Lipinski definition) is 3. The number of fused-ring (bicyclic) bond motifs is 1. The summed E-state index contributed by atoms with van der Waals surface area (Å²) in [5.41, 5.74) is 2.39. The Labute approximate surface area is 104 Å². The van der Waals surface area contributed by atoms with Crippen LogP contribution >= 0.6 is 0 Å². The molecule has 0 spiro atoms. The summed E-state index contributed by atoms with van der Waals surface area (Å²) < 4.78 is 0. The maximum absolute atomic E-state index is 4.85. The molecule has 0 bridgehead atoms. The first-order valence-electron chi connectivity index (χ1n) is 6.65. The summed E-state index contributed by atoms with van der Waals surface area (Å²) in [4.78, 5) is 7.24. The van der Waals surface area contributed by atoms with Gasteiger partial charge in [0.2, 0.25) is 0 Å². The van der Waals surface area contributed by atoms with E-state index in [0.717, 1.165) is 25.3 Å². The third-order valence-electron chi connectivity index (χ3n) is 3.58. The summed E-state index contributed by atoms with van der Waals surface area (Å²) in [5.74, 6) is 1.67. The minimum Gasteiger partial charge on any atom is -0.380 e.